The van der Waals surface area contributed by atoms with Crippen LogP contribution in [0.25, 0.3) is 0 Å². The number of aromatic nitrogens is 1. The third-order valence-corrected chi connectivity index (χ3v) is 6.90. The smallest absolute Gasteiger partial charge is 0.416 e. The van der Waals surface area contributed by atoms with Crippen LogP contribution in [-0.4, -0.2) is 24.0 Å². The average molecular weight is 520 g/mol. The van der Waals surface area contributed by atoms with Crippen molar-refractivity contribution in [2.45, 2.75) is 56.7 Å². The van der Waals surface area contributed by atoms with E-state index >= 15 is 0 Å². The molecular weight excluding hydrogens is 490 g/mol. The van der Waals surface area contributed by atoms with Crippen LogP contribution < -0.4 is 10.6 Å². The van der Waals surface area contributed by atoms with Crippen LogP contribution >= 0.6 is 0 Å². The van der Waals surface area contributed by atoms with Crippen molar-refractivity contribution >= 4 is 5.91 Å². The highest BCUT2D eigenvalue weighted by molar-refractivity contribution is 5.74. The van der Waals surface area contributed by atoms with E-state index in [2.05, 4.69) is 15.6 Å². The lowest BCUT2D eigenvalue weighted by Gasteiger charge is -2.47. The molecule has 1 saturated heterocycles. The molecule has 2 heterocycles. The maximum absolute atomic E-state index is 13.4. The molecule has 3 atom stereocenters. The van der Waals surface area contributed by atoms with Crippen molar-refractivity contribution in [3.8, 4) is 0 Å². The van der Waals surface area contributed by atoms with Crippen LogP contribution in [0.4, 0.5) is 17.6 Å². The maximum Gasteiger partial charge on any atom is 0.416 e. The van der Waals surface area contributed by atoms with Crippen molar-refractivity contribution in [3.05, 3.63) is 89.1 Å². The number of piperidine rings is 1. The van der Waals surface area contributed by atoms with E-state index in [-0.39, 0.29) is 23.6 Å². The van der Waals surface area contributed by atoms with Crippen molar-refractivity contribution < 1.29 is 31.5 Å². The van der Waals surface area contributed by atoms with Crippen molar-refractivity contribution in [1.82, 2.24) is 15.6 Å². The molecule has 0 aliphatic carbocycles. The first-order valence-corrected chi connectivity index (χ1v) is 11.9. The minimum atomic E-state index is -4.59. The molecule has 10 heteroatoms. The van der Waals surface area contributed by atoms with Crippen LogP contribution in [0, 0.1) is 0 Å². The fourth-order valence-electron chi connectivity index (χ4n) is 4.86. The zero-order valence-electron chi connectivity index (χ0n) is 20.6. The van der Waals surface area contributed by atoms with Crippen molar-refractivity contribution in [2.24, 2.45) is 0 Å². The van der Waals surface area contributed by atoms with Gasteiger partial charge in [-0.2, -0.15) is 13.2 Å². The summed E-state index contributed by atoms with van der Waals surface area (Å²) in [5.74, 6) is 0.303. The summed E-state index contributed by atoms with van der Waals surface area (Å²) >= 11 is 0. The van der Waals surface area contributed by atoms with Gasteiger partial charge in [0.05, 0.1) is 30.0 Å². The largest absolute Gasteiger partial charge is 0.446 e. The molecule has 37 heavy (non-hydrogen) atoms. The van der Waals surface area contributed by atoms with E-state index in [0.717, 1.165) is 17.7 Å². The van der Waals surface area contributed by atoms with E-state index < -0.39 is 35.6 Å². The summed E-state index contributed by atoms with van der Waals surface area (Å²) in [7, 11) is 0. The Morgan fingerprint density at radius 3 is 2.54 bits per heavy atom. The number of benzene rings is 2. The first kappa shape index (κ1) is 26.8. The van der Waals surface area contributed by atoms with Crippen LogP contribution in [0.2, 0.25) is 0 Å². The molecule has 2 aromatic carbocycles. The molecule has 1 aromatic heterocycles. The number of carbonyl (C=O) groups excluding carboxylic acids is 1. The van der Waals surface area contributed by atoms with Gasteiger partial charge in [-0.15, -0.1) is 0 Å². The Morgan fingerprint density at radius 1 is 1.22 bits per heavy atom. The number of alkyl halides is 4. The first-order chi connectivity index (χ1) is 17.6. The lowest BCUT2D eigenvalue weighted by molar-refractivity contribution is -0.137. The monoisotopic (exact) mass is 519 g/mol. The first-order valence-electron chi connectivity index (χ1n) is 11.9. The predicted molar refractivity (Wildman–Crippen MR) is 128 cm³/mol. The number of rotatable bonds is 8. The number of ether oxygens (including phenoxy) is 1. The van der Waals surface area contributed by atoms with Crippen molar-refractivity contribution in [2.75, 3.05) is 13.2 Å². The summed E-state index contributed by atoms with van der Waals surface area (Å²) in [6, 6.07) is 12.8. The molecule has 0 radical (unpaired) electrons. The van der Waals surface area contributed by atoms with Crippen LogP contribution in [-0.2, 0) is 33.5 Å². The Hall–Kier alpha value is -3.24. The van der Waals surface area contributed by atoms with Gasteiger partial charge in [0.25, 0.3) is 0 Å². The molecular formula is C27H29F4N3O3. The fourth-order valence-corrected chi connectivity index (χ4v) is 4.86. The quantitative estimate of drug-likeness (QED) is 0.382. The van der Waals surface area contributed by atoms with Gasteiger partial charge in [-0.25, -0.2) is 9.37 Å². The lowest BCUT2D eigenvalue weighted by atomic mass is 9.75. The van der Waals surface area contributed by atoms with Gasteiger partial charge < -0.3 is 19.8 Å². The van der Waals surface area contributed by atoms with Crippen LogP contribution in [0.5, 0.6) is 0 Å². The van der Waals surface area contributed by atoms with E-state index in [0.29, 0.717) is 25.1 Å². The van der Waals surface area contributed by atoms with Crippen molar-refractivity contribution in [1.29, 1.82) is 0 Å². The molecule has 0 spiro atoms. The third kappa shape index (κ3) is 5.86. The SMILES string of the molecule is CC(=O)NC1(c2cnco2)CC[C@@](CO[C@H](C)c2cc(CF)cc(C(F)(F)F)c2)(c2ccccc2)NC1. The van der Waals surface area contributed by atoms with Gasteiger partial charge in [0, 0.05) is 13.5 Å². The maximum atomic E-state index is 13.4. The third-order valence-electron chi connectivity index (χ3n) is 6.90. The van der Waals surface area contributed by atoms with E-state index in [1.165, 1.54) is 19.4 Å². The van der Waals surface area contributed by atoms with Crippen LogP contribution in [0.15, 0.2) is 65.5 Å². The Kier molecular flexibility index (Phi) is 7.70. The number of hydrogen-bond donors (Lipinski definition) is 2. The van der Waals surface area contributed by atoms with E-state index in [4.69, 9.17) is 9.15 Å². The number of nitrogens with zero attached hydrogens (tertiary/aromatic N) is 1. The molecule has 1 unspecified atom stereocenters. The predicted octanol–water partition coefficient (Wildman–Crippen LogP) is 5.55. The van der Waals surface area contributed by atoms with E-state index in [1.807, 2.05) is 30.3 Å². The summed E-state index contributed by atoms with van der Waals surface area (Å²) < 4.78 is 65.1. The molecule has 3 aromatic rings. The van der Waals surface area contributed by atoms with Gasteiger partial charge in [-0.3, -0.25) is 4.79 Å². The normalized spacial score (nSPS) is 23.0. The summed E-state index contributed by atoms with van der Waals surface area (Å²) in [5.41, 5.74) is -1.29. The minimum Gasteiger partial charge on any atom is -0.446 e. The second-order valence-electron chi connectivity index (χ2n) is 9.48. The van der Waals surface area contributed by atoms with Gasteiger partial charge in [-0.05, 0) is 48.6 Å². The molecule has 0 saturated carbocycles. The number of hydrogen-bond acceptors (Lipinski definition) is 5. The Balaban J connectivity index is 1.59. The molecule has 1 aliphatic heterocycles. The molecule has 198 valence electrons. The van der Waals surface area contributed by atoms with Gasteiger partial charge >= 0.3 is 6.18 Å². The van der Waals surface area contributed by atoms with E-state index in [1.54, 1.807) is 13.1 Å². The zero-order chi connectivity index (χ0) is 26.7. The summed E-state index contributed by atoms with van der Waals surface area (Å²) in [4.78, 5) is 16.0. The molecule has 2 N–H and O–H groups in total. The zero-order valence-corrected chi connectivity index (χ0v) is 20.6. The van der Waals surface area contributed by atoms with Gasteiger partial charge in [0.1, 0.15) is 12.2 Å². The summed E-state index contributed by atoms with van der Waals surface area (Å²) in [6.07, 6.45) is -1.43. The highest BCUT2D eigenvalue weighted by Crippen LogP contribution is 2.40. The molecule has 1 amide bonds. The topological polar surface area (TPSA) is 76.4 Å². The molecule has 4 rings (SSSR count). The summed E-state index contributed by atoms with van der Waals surface area (Å²) in [6.45, 7) is 2.51. The summed E-state index contributed by atoms with van der Waals surface area (Å²) in [5, 5.41) is 6.52. The number of amides is 1. The lowest BCUT2D eigenvalue weighted by Crippen LogP contribution is -2.62. The standard InChI is InChI=1S/C27H29F4N3O3/c1-18(21-10-20(13-28)11-23(12-21)27(29,30)31)36-16-26(22-6-4-3-5-7-22)9-8-25(15-33-26,34-19(2)35)24-14-32-17-37-24/h3-7,10-12,14,17-18,33H,8-9,13,15-16H2,1-2H3,(H,34,35)/t18-,25?,26-/m1/s1. The number of nitrogens with one attached hydrogen (secondary N) is 2. The molecule has 1 fully saturated rings. The van der Waals surface area contributed by atoms with Crippen LogP contribution in [0.1, 0.15) is 60.8 Å². The number of carbonyl (C=O) groups is 1. The fraction of sp³-hybridized carbons (Fsp3) is 0.407. The number of halogens is 4. The van der Waals surface area contributed by atoms with Gasteiger partial charge in [0.15, 0.2) is 12.2 Å². The average Bonchev–Trinajstić information content (AvgIpc) is 3.43. The van der Waals surface area contributed by atoms with Gasteiger partial charge in [0.2, 0.25) is 5.91 Å². The second-order valence-corrected chi connectivity index (χ2v) is 9.48. The van der Waals surface area contributed by atoms with Crippen molar-refractivity contribution in [3.63, 3.8) is 0 Å². The molecule has 0 bridgehead atoms. The Morgan fingerprint density at radius 2 is 1.97 bits per heavy atom. The highest BCUT2D eigenvalue weighted by Gasteiger charge is 2.47. The van der Waals surface area contributed by atoms with Gasteiger partial charge in [-0.1, -0.05) is 36.4 Å². The van der Waals surface area contributed by atoms with E-state index in [9.17, 15) is 22.4 Å². The molecule has 1 aliphatic rings. The Bertz CT molecular complexity index is 1190. The molecule has 6 nitrogen and oxygen atoms in total. The highest BCUT2D eigenvalue weighted by atomic mass is 19.4. The van der Waals surface area contributed by atoms with Crippen LogP contribution in [0.3, 0.4) is 0 Å². The second kappa shape index (κ2) is 10.6. The minimum absolute atomic E-state index is 0.0546. The Labute approximate surface area is 212 Å². The number of oxazole rings is 1.